The highest BCUT2D eigenvalue weighted by Gasteiger charge is 2.20. The topological polar surface area (TPSA) is 102 Å². The van der Waals surface area contributed by atoms with E-state index in [2.05, 4.69) is 25.8 Å². The molecule has 2 N–H and O–H groups in total. The van der Waals surface area contributed by atoms with Crippen LogP contribution in [0.15, 0.2) is 53.9 Å². The van der Waals surface area contributed by atoms with Gasteiger partial charge >= 0.3 is 6.03 Å². The van der Waals surface area contributed by atoms with Crippen LogP contribution in [0.4, 0.5) is 4.79 Å². The number of rotatable bonds is 6. The number of imide groups is 1. The van der Waals surface area contributed by atoms with E-state index in [0.717, 1.165) is 42.5 Å². The molecule has 32 heavy (non-hydrogen) atoms. The molecule has 0 unspecified atom stereocenters. The maximum Gasteiger partial charge on any atom is 0.321 e. The van der Waals surface area contributed by atoms with E-state index in [4.69, 9.17) is 0 Å². The summed E-state index contributed by atoms with van der Waals surface area (Å²) in [5.74, 6) is 0.353. The van der Waals surface area contributed by atoms with Crippen LogP contribution in [0, 0.1) is 6.92 Å². The van der Waals surface area contributed by atoms with E-state index in [-0.39, 0.29) is 17.7 Å². The summed E-state index contributed by atoms with van der Waals surface area (Å²) >= 11 is 1.24. The molecule has 1 saturated carbocycles. The highest BCUT2D eigenvalue weighted by atomic mass is 32.2. The van der Waals surface area contributed by atoms with E-state index < -0.39 is 6.03 Å². The number of aryl methyl sites for hydroxylation is 1. The number of thioether (sulfide) groups is 1. The number of hydrogen-bond acceptors (Lipinski definition) is 6. The number of urea groups is 1. The van der Waals surface area contributed by atoms with Crippen LogP contribution in [0.5, 0.6) is 0 Å². The fourth-order valence-electron chi connectivity index (χ4n) is 3.84. The van der Waals surface area contributed by atoms with Crippen molar-refractivity contribution in [1.29, 1.82) is 0 Å². The van der Waals surface area contributed by atoms with Crippen molar-refractivity contribution in [3.63, 3.8) is 0 Å². The third-order valence-corrected chi connectivity index (χ3v) is 6.38. The summed E-state index contributed by atoms with van der Waals surface area (Å²) in [6.07, 6.45) is 8.78. The van der Waals surface area contributed by atoms with Crippen molar-refractivity contribution < 1.29 is 9.59 Å². The summed E-state index contributed by atoms with van der Waals surface area (Å²) in [7, 11) is 0. The van der Waals surface area contributed by atoms with Crippen molar-refractivity contribution >= 4 is 23.7 Å². The van der Waals surface area contributed by atoms with E-state index >= 15 is 0 Å². The Hall–Kier alpha value is -3.20. The van der Waals surface area contributed by atoms with Gasteiger partial charge in [-0.25, -0.2) is 4.79 Å². The van der Waals surface area contributed by atoms with Crippen LogP contribution in [0.25, 0.3) is 17.1 Å². The van der Waals surface area contributed by atoms with Gasteiger partial charge in [-0.1, -0.05) is 49.2 Å². The van der Waals surface area contributed by atoms with Gasteiger partial charge in [-0.2, -0.15) is 0 Å². The molecule has 1 aromatic carbocycles. The minimum Gasteiger partial charge on any atom is -0.335 e. The zero-order valence-corrected chi connectivity index (χ0v) is 18.8. The molecule has 166 valence electrons. The molecule has 0 aliphatic heterocycles. The molecule has 1 aliphatic rings. The van der Waals surface area contributed by atoms with Gasteiger partial charge in [0.1, 0.15) is 0 Å². The summed E-state index contributed by atoms with van der Waals surface area (Å²) in [6.45, 7) is 2.02. The van der Waals surface area contributed by atoms with Crippen LogP contribution in [0.1, 0.15) is 37.7 Å². The molecule has 1 aliphatic carbocycles. The van der Waals surface area contributed by atoms with Gasteiger partial charge in [0.05, 0.1) is 11.4 Å². The van der Waals surface area contributed by atoms with Crippen molar-refractivity contribution in [2.45, 2.75) is 50.2 Å². The summed E-state index contributed by atoms with van der Waals surface area (Å²) in [5, 5.41) is 14.6. The van der Waals surface area contributed by atoms with E-state index in [9.17, 15) is 9.59 Å². The number of nitrogens with zero attached hydrogens (tertiary/aromatic N) is 4. The Morgan fingerprint density at radius 3 is 2.56 bits per heavy atom. The second kappa shape index (κ2) is 10.4. The molecule has 3 amide bonds. The van der Waals surface area contributed by atoms with Crippen LogP contribution >= 0.6 is 11.8 Å². The molecule has 0 bridgehead atoms. The third-order valence-electron chi connectivity index (χ3n) is 5.45. The lowest BCUT2D eigenvalue weighted by atomic mass is 9.96. The number of carbonyl (C=O) groups excluding carboxylic acids is 2. The Labute approximate surface area is 191 Å². The number of nitrogens with one attached hydrogen (secondary N) is 2. The summed E-state index contributed by atoms with van der Waals surface area (Å²) in [5.41, 5.74) is 2.86. The Morgan fingerprint density at radius 2 is 1.81 bits per heavy atom. The molecular weight excluding hydrogens is 424 g/mol. The second-order valence-corrected chi connectivity index (χ2v) is 8.75. The fourth-order valence-corrected chi connectivity index (χ4v) is 4.59. The monoisotopic (exact) mass is 450 g/mol. The van der Waals surface area contributed by atoms with Gasteiger partial charge in [0.2, 0.25) is 5.91 Å². The largest absolute Gasteiger partial charge is 0.335 e. The van der Waals surface area contributed by atoms with Gasteiger partial charge in [-0.05, 0) is 43.5 Å². The van der Waals surface area contributed by atoms with Gasteiger partial charge < -0.3 is 5.32 Å². The minimum atomic E-state index is -0.430. The lowest BCUT2D eigenvalue weighted by Crippen LogP contribution is -2.45. The molecule has 4 rings (SSSR count). The summed E-state index contributed by atoms with van der Waals surface area (Å²) < 4.78 is 1.94. The first-order valence-corrected chi connectivity index (χ1v) is 11.8. The highest BCUT2D eigenvalue weighted by molar-refractivity contribution is 7.99. The predicted molar refractivity (Wildman–Crippen MR) is 124 cm³/mol. The number of carbonyl (C=O) groups is 2. The van der Waals surface area contributed by atoms with Crippen molar-refractivity contribution in [2.75, 3.05) is 5.75 Å². The lowest BCUT2D eigenvalue weighted by molar-refractivity contribution is -0.117. The van der Waals surface area contributed by atoms with E-state index in [0.29, 0.717) is 11.0 Å². The average molecular weight is 451 g/mol. The number of hydrogen-bond donors (Lipinski definition) is 2. The van der Waals surface area contributed by atoms with Gasteiger partial charge in [0.25, 0.3) is 0 Å². The Morgan fingerprint density at radius 1 is 1.06 bits per heavy atom. The zero-order valence-electron chi connectivity index (χ0n) is 18.0. The lowest BCUT2D eigenvalue weighted by Gasteiger charge is -2.22. The third kappa shape index (κ3) is 5.34. The van der Waals surface area contributed by atoms with Gasteiger partial charge in [-0.3, -0.25) is 19.7 Å². The van der Waals surface area contributed by atoms with E-state index in [1.807, 2.05) is 47.9 Å². The van der Waals surface area contributed by atoms with E-state index in [1.54, 1.807) is 12.4 Å². The van der Waals surface area contributed by atoms with Crippen molar-refractivity contribution in [3.05, 3.63) is 54.4 Å². The number of para-hydroxylation sites is 1. The molecule has 0 radical (unpaired) electrons. The second-order valence-electron chi connectivity index (χ2n) is 7.81. The molecule has 2 aromatic heterocycles. The van der Waals surface area contributed by atoms with Gasteiger partial charge in [0.15, 0.2) is 11.0 Å². The Kier molecular flexibility index (Phi) is 7.16. The maximum absolute atomic E-state index is 12.4. The molecule has 8 nitrogen and oxygen atoms in total. The van der Waals surface area contributed by atoms with Crippen LogP contribution in [0.3, 0.4) is 0 Å². The molecule has 9 heteroatoms. The molecule has 0 spiro atoms. The number of pyridine rings is 1. The summed E-state index contributed by atoms with van der Waals surface area (Å²) in [6, 6.07) is 11.4. The van der Waals surface area contributed by atoms with Crippen LogP contribution in [-0.4, -0.2) is 43.5 Å². The smallest absolute Gasteiger partial charge is 0.321 e. The first-order chi connectivity index (χ1) is 15.6. The number of amides is 3. The zero-order chi connectivity index (χ0) is 22.3. The van der Waals surface area contributed by atoms with Crippen molar-refractivity contribution in [3.8, 4) is 17.1 Å². The van der Waals surface area contributed by atoms with Crippen LogP contribution < -0.4 is 10.6 Å². The molecule has 2 heterocycles. The van der Waals surface area contributed by atoms with Crippen molar-refractivity contribution in [1.82, 2.24) is 30.4 Å². The fraction of sp³-hybridized carbons (Fsp3) is 0.348. The highest BCUT2D eigenvalue weighted by Crippen LogP contribution is 2.29. The first-order valence-electron chi connectivity index (χ1n) is 10.8. The molecule has 1 fully saturated rings. The SMILES string of the molecule is Cc1ccccc1-n1c(SCC(=O)NC(=O)NC2CCCCC2)nnc1-c1ccncc1. The van der Waals surface area contributed by atoms with E-state index in [1.165, 1.54) is 18.2 Å². The molecular formula is C23H26N6O2S. The normalized spacial score (nSPS) is 14.2. The van der Waals surface area contributed by atoms with Gasteiger partial charge in [0, 0.05) is 24.0 Å². The minimum absolute atomic E-state index is 0.0540. The quantitative estimate of drug-likeness (QED) is 0.553. The van der Waals surface area contributed by atoms with Crippen molar-refractivity contribution in [2.24, 2.45) is 0 Å². The molecule has 0 saturated heterocycles. The summed E-state index contributed by atoms with van der Waals surface area (Å²) in [4.78, 5) is 28.6. The average Bonchev–Trinajstić information content (AvgIpc) is 3.23. The van der Waals surface area contributed by atoms with Crippen LogP contribution in [0.2, 0.25) is 0 Å². The Bertz CT molecular complexity index is 1080. The first kappa shape index (κ1) is 22.0. The molecule has 3 aromatic rings. The number of aromatic nitrogens is 4. The van der Waals surface area contributed by atoms with Gasteiger partial charge in [-0.15, -0.1) is 10.2 Å². The number of benzene rings is 1. The molecule has 0 atom stereocenters. The van der Waals surface area contributed by atoms with Crippen LogP contribution in [-0.2, 0) is 4.79 Å². The Balaban J connectivity index is 1.47. The maximum atomic E-state index is 12.4. The standard InChI is InChI=1S/C23H26N6O2S/c1-16-7-5-6-10-19(16)29-21(17-11-13-24-14-12-17)27-28-23(29)32-15-20(30)26-22(31)25-18-8-3-2-4-9-18/h5-7,10-14,18H,2-4,8-9,15H2,1H3,(H2,25,26,30,31). The predicted octanol–water partition coefficient (Wildman–Crippen LogP) is 3.89.